The van der Waals surface area contributed by atoms with Crippen molar-refractivity contribution in [2.24, 2.45) is 5.92 Å². The molecular formula is C12H13N3O3S. The van der Waals surface area contributed by atoms with E-state index in [4.69, 9.17) is 5.11 Å². The lowest BCUT2D eigenvalue weighted by molar-refractivity contribution is -0.147. The lowest BCUT2D eigenvalue weighted by atomic mass is 9.98. The number of thiazole rings is 1. The molecule has 1 amide bonds. The number of aromatic nitrogens is 2. The van der Waals surface area contributed by atoms with Crippen LogP contribution in [-0.4, -0.2) is 37.8 Å². The zero-order valence-corrected chi connectivity index (χ0v) is 11.0. The molecule has 1 atom stereocenters. The van der Waals surface area contributed by atoms with Gasteiger partial charge in [0, 0.05) is 30.7 Å². The summed E-state index contributed by atoms with van der Waals surface area (Å²) in [5.74, 6) is -1.28. The van der Waals surface area contributed by atoms with E-state index in [1.165, 1.54) is 11.3 Å². The van der Waals surface area contributed by atoms with Crippen molar-refractivity contribution >= 4 is 28.2 Å². The van der Waals surface area contributed by atoms with Gasteiger partial charge in [0.1, 0.15) is 0 Å². The van der Waals surface area contributed by atoms with Gasteiger partial charge in [0.15, 0.2) is 4.96 Å². The fourth-order valence-electron chi connectivity index (χ4n) is 2.32. The maximum absolute atomic E-state index is 11.8. The van der Waals surface area contributed by atoms with Gasteiger partial charge in [-0.25, -0.2) is 4.98 Å². The van der Waals surface area contributed by atoms with Crippen molar-refractivity contribution in [3.63, 3.8) is 0 Å². The third-order valence-corrected chi connectivity index (χ3v) is 4.12. The molecule has 0 saturated carbocycles. The molecule has 0 aromatic carbocycles. The van der Waals surface area contributed by atoms with Gasteiger partial charge in [-0.15, -0.1) is 11.3 Å². The average molecular weight is 279 g/mol. The third-order valence-electron chi connectivity index (χ3n) is 3.35. The van der Waals surface area contributed by atoms with Crippen LogP contribution in [0.1, 0.15) is 18.5 Å². The second kappa shape index (κ2) is 4.65. The summed E-state index contributed by atoms with van der Waals surface area (Å²) in [7, 11) is 0. The molecule has 2 aromatic heterocycles. The predicted octanol–water partition coefficient (Wildman–Crippen LogP) is 1.22. The van der Waals surface area contributed by atoms with Gasteiger partial charge in [0.25, 0.3) is 0 Å². The van der Waals surface area contributed by atoms with Gasteiger partial charge in [-0.2, -0.15) is 0 Å². The lowest BCUT2D eigenvalue weighted by Gasteiger charge is -2.29. The van der Waals surface area contributed by atoms with Crippen molar-refractivity contribution in [1.82, 2.24) is 14.3 Å². The molecule has 2 aromatic rings. The van der Waals surface area contributed by atoms with Crippen LogP contribution in [0.5, 0.6) is 0 Å². The number of nitrogens with zero attached hydrogens (tertiary/aromatic N) is 3. The zero-order valence-electron chi connectivity index (χ0n) is 10.2. The second-order valence-electron chi connectivity index (χ2n) is 4.67. The molecule has 7 heteroatoms. The zero-order chi connectivity index (χ0) is 13.4. The van der Waals surface area contributed by atoms with E-state index in [1.807, 2.05) is 22.2 Å². The normalized spacial score (nSPS) is 20.1. The number of fused-ring (bicyclic) bond motifs is 1. The number of carbonyl (C=O) groups is 2. The molecular weight excluding hydrogens is 266 g/mol. The molecule has 100 valence electrons. The number of hydrogen-bond acceptors (Lipinski definition) is 4. The van der Waals surface area contributed by atoms with Crippen LogP contribution in [-0.2, 0) is 16.1 Å². The number of aliphatic carboxylic acids is 1. The smallest absolute Gasteiger partial charge is 0.308 e. The molecule has 3 heterocycles. The summed E-state index contributed by atoms with van der Waals surface area (Å²) in [4.78, 5) is 29.7. The molecule has 1 N–H and O–H groups in total. The van der Waals surface area contributed by atoms with E-state index < -0.39 is 11.9 Å². The van der Waals surface area contributed by atoms with Crippen molar-refractivity contribution in [2.75, 3.05) is 6.54 Å². The maximum Gasteiger partial charge on any atom is 0.308 e. The molecule has 1 aliphatic heterocycles. The number of piperidine rings is 1. The molecule has 6 nitrogen and oxygen atoms in total. The monoisotopic (exact) mass is 279 g/mol. The van der Waals surface area contributed by atoms with Crippen LogP contribution in [0.4, 0.5) is 0 Å². The highest BCUT2D eigenvalue weighted by Gasteiger charge is 2.30. The topological polar surface area (TPSA) is 74.9 Å². The minimum absolute atomic E-state index is 0.00820. The number of rotatable bonds is 3. The number of carboxylic acid groups (broad SMARTS) is 1. The maximum atomic E-state index is 11.8. The second-order valence-corrected chi connectivity index (χ2v) is 5.55. The van der Waals surface area contributed by atoms with E-state index >= 15 is 0 Å². The highest BCUT2D eigenvalue weighted by Crippen LogP contribution is 2.20. The predicted molar refractivity (Wildman–Crippen MR) is 68.8 cm³/mol. The summed E-state index contributed by atoms with van der Waals surface area (Å²) >= 11 is 1.53. The molecule has 1 unspecified atom stereocenters. The molecule has 0 radical (unpaired) electrons. The Labute approximate surface area is 113 Å². The van der Waals surface area contributed by atoms with E-state index in [2.05, 4.69) is 4.98 Å². The van der Waals surface area contributed by atoms with Crippen LogP contribution in [0.2, 0.25) is 0 Å². The van der Waals surface area contributed by atoms with Gasteiger partial charge in [0.2, 0.25) is 5.91 Å². The van der Waals surface area contributed by atoms with E-state index in [0.29, 0.717) is 19.4 Å². The molecule has 3 rings (SSSR count). The summed E-state index contributed by atoms with van der Waals surface area (Å²) < 4.78 is 1.91. The molecule has 1 saturated heterocycles. The molecule has 0 spiro atoms. The Bertz CT molecular complexity index is 604. The Morgan fingerprint density at radius 2 is 2.42 bits per heavy atom. The Hall–Kier alpha value is -1.89. The van der Waals surface area contributed by atoms with Gasteiger partial charge in [-0.3, -0.25) is 14.0 Å². The van der Waals surface area contributed by atoms with Gasteiger partial charge in [-0.05, 0) is 6.42 Å². The third kappa shape index (κ3) is 2.33. The largest absolute Gasteiger partial charge is 0.481 e. The molecule has 19 heavy (non-hydrogen) atoms. The summed E-state index contributed by atoms with van der Waals surface area (Å²) in [5.41, 5.74) is 0.797. The minimum Gasteiger partial charge on any atom is -0.481 e. The number of hydrogen-bond donors (Lipinski definition) is 1. The van der Waals surface area contributed by atoms with E-state index in [9.17, 15) is 9.59 Å². The van der Waals surface area contributed by atoms with Crippen molar-refractivity contribution in [2.45, 2.75) is 19.4 Å². The van der Waals surface area contributed by atoms with Gasteiger partial charge >= 0.3 is 5.97 Å². The SMILES string of the molecule is O=C(O)C1CCC(=O)N(Cc2cn3ccsc3n2)C1. The van der Waals surface area contributed by atoms with Crippen LogP contribution in [0.15, 0.2) is 17.8 Å². The van der Waals surface area contributed by atoms with Crippen LogP contribution in [0, 0.1) is 5.92 Å². The fraction of sp³-hybridized carbons (Fsp3) is 0.417. The quantitative estimate of drug-likeness (QED) is 0.916. The summed E-state index contributed by atoms with van der Waals surface area (Å²) in [6.07, 6.45) is 4.53. The molecule has 1 aliphatic rings. The van der Waals surface area contributed by atoms with Crippen molar-refractivity contribution in [3.8, 4) is 0 Å². The summed E-state index contributed by atoms with van der Waals surface area (Å²) in [5, 5.41) is 11.0. The first-order valence-corrected chi connectivity index (χ1v) is 6.93. The number of imidazole rings is 1. The van der Waals surface area contributed by atoms with E-state index in [0.717, 1.165) is 10.7 Å². The van der Waals surface area contributed by atoms with Crippen molar-refractivity contribution < 1.29 is 14.7 Å². The van der Waals surface area contributed by atoms with Crippen molar-refractivity contribution in [3.05, 3.63) is 23.5 Å². The lowest BCUT2D eigenvalue weighted by Crippen LogP contribution is -2.42. The van der Waals surface area contributed by atoms with E-state index in [-0.39, 0.29) is 12.5 Å². The Morgan fingerprint density at radius 3 is 3.16 bits per heavy atom. The summed E-state index contributed by atoms with van der Waals surface area (Å²) in [6.45, 7) is 0.663. The Kier molecular flexibility index (Phi) is 2.98. The first-order chi connectivity index (χ1) is 9.13. The number of likely N-dealkylation sites (tertiary alicyclic amines) is 1. The van der Waals surface area contributed by atoms with Crippen LogP contribution in [0.3, 0.4) is 0 Å². The highest BCUT2D eigenvalue weighted by atomic mass is 32.1. The first kappa shape index (κ1) is 12.2. The highest BCUT2D eigenvalue weighted by molar-refractivity contribution is 7.15. The van der Waals surface area contributed by atoms with Crippen LogP contribution in [0.25, 0.3) is 4.96 Å². The first-order valence-electron chi connectivity index (χ1n) is 6.05. The Balaban J connectivity index is 1.75. The number of carbonyl (C=O) groups excluding carboxylic acids is 1. The van der Waals surface area contributed by atoms with E-state index in [1.54, 1.807) is 4.90 Å². The number of carboxylic acids is 1. The summed E-state index contributed by atoms with van der Waals surface area (Å²) in [6, 6.07) is 0. The molecule has 0 aliphatic carbocycles. The van der Waals surface area contributed by atoms with Crippen molar-refractivity contribution in [1.29, 1.82) is 0 Å². The molecule has 0 bridgehead atoms. The fourth-order valence-corrected chi connectivity index (χ4v) is 3.04. The van der Waals surface area contributed by atoms with Crippen LogP contribution < -0.4 is 0 Å². The van der Waals surface area contributed by atoms with Crippen LogP contribution >= 0.6 is 11.3 Å². The standard InChI is InChI=1S/C12H13N3O3S/c16-10-2-1-8(11(17)18)5-15(10)7-9-6-14-3-4-19-12(14)13-9/h3-4,6,8H,1-2,5,7H2,(H,17,18). The Morgan fingerprint density at radius 1 is 1.58 bits per heavy atom. The van der Waals surface area contributed by atoms with Gasteiger partial charge in [0.05, 0.1) is 18.2 Å². The minimum atomic E-state index is -0.830. The molecule has 1 fully saturated rings. The van der Waals surface area contributed by atoms with Gasteiger partial charge in [-0.1, -0.05) is 0 Å². The van der Waals surface area contributed by atoms with Gasteiger partial charge < -0.3 is 10.0 Å². The number of amides is 1. The average Bonchev–Trinajstić information content (AvgIpc) is 2.92.